The van der Waals surface area contributed by atoms with E-state index >= 15 is 0 Å². The predicted octanol–water partition coefficient (Wildman–Crippen LogP) is 3.82. The number of non-ortho nitro benzene ring substituents is 1. The molecule has 0 bridgehead atoms. The highest BCUT2D eigenvalue weighted by atomic mass is 16.6. The first-order valence-electron chi connectivity index (χ1n) is 7.70. The van der Waals surface area contributed by atoms with Crippen molar-refractivity contribution in [1.29, 1.82) is 0 Å². The van der Waals surface area contributed by atoms with E-state index in [1.807, 2.05) is 0 Å². The van der Waals surface area contributed by atoms with Crippen LogP contribution in [-0.4, -0.2) is 22.4 Å². The van der Waals surface area contributed by atoms with Crippen molar-refractivity contribution in [3.05, 3.63) is 73.8 Å². The maximum absolute atomic E-state index is 12.3. The fourth-order valence-electron chi connectivity index (χ4n) is 2.25. The molecule has 0 spiro atoms. The maximum atomic E-state index is 12.3. The van der Waals surface area contributed by atoms with Gasteiger partial charge in [0.1, 0.15) is 6.10 Å². The molecule has 136 valence electrons. The number of hydrogen-bond acceptors (Lipinski definition) is 7. The van der Waals surface area contributed by atoms with E-state index in [1.165, 1.54) is 30.3 Å². The van der Waals surface area contributed by atoms with Gasteiger partial charge in [-0.25, -0.2) is 4.79 Å². The van der Waals surface area contributed by atoms with E-state index in [1.54, 1.807) is 19.9 Å². The van der Waals surface area contributed by atoms with Crippen LogP contribution >= 0.6 is 0 Å². The second-order valence-electron chi connectivity index (χ2n) is 5.27. The van der Waals surface area contributed by atoms with Gasteiger partial charge in [-0.1, -0.05) is 12.1 Å². The molecule has 2 aromatic carbocycles. The standard InChI is InChI=1S/C17H16N2O7/c1-3-25-16-8-7-13(10-15(16)19(23)24)17(20)26-11(2)12-5-4-6-14(9-12)18(21)22/h4-11H,3H2,1-2H3/t11-/m1/s1. The second kappa shape index (κ2) is 8.06. The van der Waals surface area contributed by atoms with Crippen molar-refractivity contribution in [3.63, 3.8) is 0 Å². The molecule has 0 amide bonds. The van der Waals surface area contributed by atoms with Crippen molar-refractivity contribution in [1.82, 2.24) is 0 Å². The third-order valence-corrected chi connectivity index (χ3v) is 3.53. The smallest absolute Gasteiger partial charge is 0.338 e. The molecule has 2 aromatic rings. The Labute approximate surface area is 148 Å². The molecule has 0 radical (unpaired) electrons. The second-order valence-corrected chi connectivity index (χ2v) is 5.27. The lowest BCUT2D eigenvalue weighted by Crippen LogP contribution is -2.10. The summed E-state index contributed by atoms with van der Waals surface area (Å²) in [5.74, 6) is -0.726. The number of benzene rings is 2. The van der Waals surface area contributed by atoms with E-state index < -0.39 is 21.9 Å². The van der Waals surface area contributed by atoms with Crippen molar-refractivity contribution >= 4 is 17.3 Å². The van der Waals surface area contributed by atoms with E-state index in [2.05, 4.69) is 0 Å². The maximum Gasteiger partial charge on any atom is 0.338 e. The monoisotopic (exact) mass is 360 g/mol. The van der Waals surface area contributed by atoms with Crippen LogP contribution in [0.5, 0.6) is 5.75 Å². The average Bonchev–Trinajstić information content (AvgIpc) is 2.62. The Kier molecular flexibility index (Phi) is 5.84. The van der Waals surface area contributed by atoms with Gasteiger partial charge in [0, 0.05) is 18.2 Å². The first-order valence-corrected chi connectivity index (χ1v) is 7.70. The molecule has 0 saturated heterocycles. The molecular weight excluding hydrogens is 344 g/mol. The topological polar surface area (TPSA) is 122 Å². The van der Waals surface area contributed by atoms with Crippen molar-refractivity contribution in [2.45, 2.75) is 20.0 Å². The molecule has 0 fully saturated rings. The molecule has 0 aliphatic carbocycles. The Bertz CT molecular complexity index is 851. The zero-order valence-electron chi connectivity index (χ0n) is 14.1. The minimum Gasteiger partial charge on any atom is -0.487 e. The quantitative estimate of drug-likeness (QED) is 0.418. The van der Waals surface area contributed by atoms with Gasteiger partial charge < -0.3 is 9.47 Å². The summed E-state index contributed by atoms with van der Waals surface area (Å²) in [5, 5.41) is 22.0. The molecule has 0 aliphatic heterocycles. The van der Waals surface area contributed by atoms with Crippen LogP contribution in [0.3, 0.4) is 0 Å². The molecule has 0 saturated carbocycles. The Balaban J connectivity index is 2.21. The number of nitro groups is 2. The van der Waals surface area contributed by atoms with Crippen molar-refractivity contribution in [2.75, 3.05) is 6.61 Å². The van der Waals surface area contributed by atoms with E-state index in [0.29, 0.717) is 5.56 Å². The third-order valence-electron chi connectivity index (χ3n) is 3.53. The molecule has 0 unspecified atom stereocenters. The van der Waals surface area contributed by atoms with Gasteiger partial charge in [0.15, 0.2) is 5.75 Å². The Hall–Kier alpha value is -3.49. The highest BCUT2D eigenvalue weighted by Crippen LogP contribution is 2.29. The van der Waals surface area contributed by atoms with E-state index in [4.69, 9.17) is 9.47 Å². The first-order chi connectivity index (χ1) is 12.3. The van der Waals surface area contributed by atoms with Gasteiger partial charge in [0.25, 0.3) is 5.69 Å². The van der Waals surface area contributed by atoms with E-state index in [0.717, 1.165) is 6.07 Å². The van der Waals surface area contributed by atoms with Gasteiger partial charge in [-0.3, -0.25) is 20.2 Å². The molecule has 0 aromatic heterocycles. The summed E-state index contributed by atoms with van der Waals surface area (Å²) in [5.41, 5.74) is -0.0446. The number of carbonyl (C=O) groups excluding carboxylic acids is 1. The number of nitro benzene ring substituents is 2. The van der Waals surface area contributed by atoms with Crippen molar-refractivity contribution < 1.29 is 24.1 Å². The fraction of sp³-hybridized carbons (Fsp3) is 0.235. The summed E-state index contributed by atoms with van der Waals surface area (Å²) in [6, 6.07) is 9.47. The number of hydrogen-bond donors (Lipinski definition) is 0. The lowest BCUT2D eigenvalue weighted by atomic mass is 10.1. The van der Waals surface area contributed by atoms with Gasteiger partial charge in [-0.05, 0) is 31.5 Å². The molecule has 9 nitrogen and oxygen atoms in total. The highest BCUT2D eigenvalue weighted by molar-refractivity contribution is 5.90. The summed E-state index contributed by atoms with van der Waals surface area (Å²) >= 11 is 0. The molecule has 26 heavy (non-hydrogen) atoms. The van der Waals surface area contributed by atoms with Crippen LogP contribution in [0.4, 0.5) is 11.4 Å². The fourth-order valence-corrected chi connectivity index (χ4v) is 2.25. The van der Waals surface area contributed by atoms with Crippen molar-refractivity contribution in [3.8, 4) is 5.75 Å². The van der Waals surface area contributed by atoms with Gasteiger partial charge >= 0.3 is 11.7 Å². The van der Waals surface area contributed by atoms with Crippen LogP contribution in [-0.2, 0) is 4.74 Å². The highest BCUT2D eigenvalue weighted by Gasteiger charge is 2.21. The molecule has 2 rings (SSSR count). The summed E-state index contributed by atoms with van der Waals surface area (Å²) < 4.78 is 10.4. The van der Waals surface area contributed by atoms with Gasteiger partial charge in [-0.2, -0.15) is 0 Å². The number of nitrogens with zero attached hydrogens (tertiary/aromatic N) is 2. The van der Waals surface area contributed by atoms with Crippen LogP contribution in [0, 0.1) is 20.2 Å². The molecule has 0 N–H and O–H groups in total. The largest absolute Gasteiger partial charge is 0.487 e. The molecular formula is C17H16N2O7. The molecule has 0 heterocycles. The van der Waals surface area contributed by atoms with Crippen LogP contribution in [0.15, 0.2) is 42.5 Å². The normalized spacial score (nSPS) is 11.5. The van der Waals surface area contributed by atoms with E-state index in [9.17, 15) is 25.0 Å². The molecule has 0 aliphatic rings. The molecule has 1 atom stereocenters. The zero-order chi connectivity index (χ0) is 19.3. The van der Waals surface area contributed by atoms with Gasteiger partial charge in [0.05, 0.1) is 22.0 Å². The lowest BCUT2D eigenvalue weighted by Gasteiger charge is -2.14. The van der Waals surface area contributed by atoms with Crippen LogP contribution in [0.2, 0.25) is 0 Å². The zero-order valence-corrected chi connectivity index (χ0v) is 14.1. The summed E-state index contributed by atoms with van der Waals surface area (Å²) in [6.45, 7) is 3.49. The minimum absolute atomic E-state index is 0.0163. The number of esters is 1. The van der Waals surface area contributed by atoms with Crippen LogP contribution in [0.1, 0.15) is 35.9 Å². The minimum atomic E-state index is -0.782. The lowest BCUT2D eigenvalue weighted by molar-refractivity contribution is -0.385. The molecule has 9 heteroatoms. The predicted molar refractivity (Wildman–Crippen MR) is 91.2 cm³/mol. The number of ether oxygens (including phenoxy) is 2. The summed E-state index contributed by atoms with van der Waals surface area (Å²) in [4.78, 5) is 33.0. The Morgan fingerprint density at radius 1 is 1.12 bits per heavy atom. The van der Waals surface area contributed by atoms with Crippen LogP contribution < -0.4 is 4.74 Å². The van der Waals surface area contributed by atoms with Gasteiger partial charge in [0.2, 0.25) is 0 Å². The summed E-state index contributed by atoms with van der Waals surface area (Å²) in [6.07, 6.45) is -0.770. The summed E-state index contributed by atoms with van der Waals surface area (Å²) in [7, 11) is 0. The Morgan fingerprint density at radius 2 is 1.85 bits per heavy atom. The van der Waals surface area contributed by atoms with Gasteiger partial charge in [-0.15, -0.1) is 0 Å². The van der Waals surface area contributed by atoms with E-state index in [-0.39, 0.29) is 29.3 Å². The number of carbonyl (C=O) groups is 1. The third kappa shape index (κ3) is 4.32. The first kappa shape index (κ1) is 18.8. The Morgan fingerprint density at radius 3 is 2.46 bits per heavy atom. The average molecular weight is 360 g/mol. The van der Waals surface area contributed by atoms with Crippen LogP contribution in [0.25, 0.3) is 0 Å². The van der Waals surface area contributed by atoms with Crippen molar-refractivity contribution in [2.24, 2.45) is 0 Å². The SMILES string of the molecule is CCOc1ccc(C(=O)O[C@H](C)c2cccc([N+](=O)[O-])c2)cc1[N+](=O)[O-]. The number of rotatable bonds is 7.